The highest BCUT2D eigenvalue weighted by molar-refractivity contribution is 7.15. The first kappa shape index (κ1) is 10.8. The van der Waals surface area contributed by atoms with Crippen molar-refractivity contribution in [2.45, 2.75) is 6.61 Å². The van der Waals surface area contributed by atoms with Crippen LogP contribution in [0.4, 0.5) is 4.39 Å². The molecule has 1 heterocycles. The lowest BCUT2D eigenvalue weighted by molar-refractivity contribution is -0.129. The zero-order chi connectivity index (χ0) is 11.4. The van der Waals surface area contributed by atoms with Gasteiger partial charge in [-0.1, -0.05) is 12.1 Å². The van der Waals surface area contributed by atoms with Crippen LogP contribution in [0.5, 0.6) is 0 Å². The summed E-state index contributed by atoms with van der Waals surface area (Å²) in [5, 5.41) is 0.586. The number of carbonyl (C=O) groups excluding carboxylic acids is 1. The molecule has 0 bridgehead atoms. The van der Waals surface area contributed by atoms with Gasteiger partial charge in [0.1, 0.15) is 17.4 Å². The second kappa shape index (κ2) is 4.85. The first-order valence-corrected chi connectivity index (χ1v) is 5.38. The topological polar surface area (TPSA) is 39.2 Å². The molecule has 0 atom stereocenters. The van der Waals surface area contributed by atoms with Crippen LogP contribution >= 0.6 is 11.3 Å². The van der Waals surface area contributed by atoms with E-state index in [9.17, 15) is 9.18 Å². The van der Waals surface area contributed by atoms with Crippen LogP contribution in [0.1, 0.15) is 4.88 Å². The molecular weight excluding hydrogens is 229 g/mol. The molecule has 0 saturated carbocycles. The van der Waals surface area contributed by atoms with Gasteiger partial charge in [-0.15, -0.1) is 11.3 Å². The van der Waals surface area contributed by atoms with Gasteiger partial charge in [0.25, 0.3) is 6.47 Å². The average Bonchev–Trinajstić information content (AvgIpc) is 2.75. The largest absolute Gasteiger partial charge is 0.462 e. The summed E-state index contributed by atoms with van der Waals surface area (Å²) in [5.74, 6) is -0.306. The van der Waals surface area contributed by atoms with Gasteiger partial charge in [-0.25, -0.2) is 9.37 Å². The van der Waals surface area contributed by atoms with E-state index in [-0.39, 0.29) is 12.4 Å². The zero-order valence-electron chi connectivity index (χ0n) is 8.22. The third-order valence-corrected chi connectivity index (χ3v) is 2.96. The van der Waals surface area contributed by atoms with E-state index in [2.05, 4.69) is 9.72 Å². The number of ether oxygens (including phenoxy) is 1. The maximum absolute atomic E-state index is 13.4. The molecular formula is C11H8FNO2S. The van der Waals surface area contributed by atoms with Crippen LogP contribution in [0.25, 0.3) is 10.6 Å². The smallest absolute Gasteiger partial charge is 0.293 e. The Morgan fingerprint density at radius 3 is 3.00 bits per heavy atom. The van der Waals surface area contributed by atoms with Crippen LogP contribution < -0.4 is 0 Å². The number of thiazole rings is 1. The highest BCUT2D eigenvalue weighted by atomic mass is 32.1. The van der Waals surface area contributed by atoms with Crippen LogP contribution in [0.3, 0.4) is 0 Å². The van der Waals surface area contributed by atoms with E-state index in [4.69, 9.17) is 0 Å². The van der Waals surface area contributed by atoms with Crippen molar-refractivity contribution >= 4 is 17.8 Å². The predicted octanol–water partition coefficient (Wildman–Crippen LogP) is 2.62. The number of carbonyl (C=O) groups is 1. The Kier molecular flexibility index (Phi) is 3.26. The molecule has 0 spiro atoms. The first-order chi connectivity index (χ1) is 7.81. The third kappa shape index (κ3) is 2.25. The highest BCUT2D eigenvalue weighted by Crippen LogP contribution is 2.27. The van der Waals surface area contributed by atoms with E-state index in [0.29, 0.717) is 17.0 Å². The van der Waals surface area contributed by atoms with Gasteiger partial charge in [0, 0.05) is 11.8 Å². The van der Waals surface area contributed by atoms with Gasteiger partial charge < -0.3 is 4.74 Å². The Morgan fingerprint density at radius 1 is 1.44 bits per heavy atom. The molecule has 1 aromatic carbocycles. The molecule has 0 aliphatic rings. The number of halogens is 1. The fraction of sp³-hybridized carbons (Fsp3) is 0.0909. The molecule has 0 radical (unpaired) electrons. The fourth-order valence-corrected chi connectivity index (χ4v) is 2.11. The summed E-state index contributed by atoms with van der Waals surface area (Å²) < 4.78 is 18.0. The molecule has 0 aliphatic carbocycles. The van der Waals surface area contributed by atoms with E-state index in [1.807, 2.05) is 0 Å². The molecule has 1 aromatic heterocycles. The molecule has 3 nitrogen and oxygen atoms in total. The van der Waals surface area contributed by atoms with Gasteiger partial charge in [-0.05, 0) is 12.1 Å². The molecule has 0 unspecified atom stereocenters. The standard InChI is InChI=1S/C11H8FNO2S/c12-10-4-2-1-3-9(10)11-13-5-8(16-11)6-15-7-14/h1-5,7H,6H2. The summed E-state index contributed by atoms with van der Waals surface area (Å²) in [5.41, 5.74) is 0.463. The second-order valence-corrected chi connectivity index (χ2v) is 4.13. The summed E-state index contributed by atoms with van der Waals surface area (Å²) in [4.78, 5) is 14.9. The van der Waals surface area contributed by atoms with Gasteiger partial charge in [0.05, 0.1) is 4.88 Å². The van der Waals surface area contributed by atoms with E-state index < -0.39 is 0 Å². The first-order valence-electron chi connectivity index (χ1n) is 4.56. The summed E-state index contributed by atoms with van der Waals surface area (Å²) in [6.07, 6.45) is 1.58. The SMILES string of the molecule is O=COCc1cnc(-c2ccccc2F)s1. The maximum Gasteiger partial charge on any atom is 0.293 e. The van der Waals surface area contributed by atoms with E-state index in [0.717, 1.165) is 4.88 Å². The molecule has 0 amide bonds. The Bertz CT molecular complexity index is 498. The van der Waals surface area contributed by atoms with Crippen molar-refractivity contribution in [1.82, 2.24) is 4.98 Å². The van der Waals surface area contributed by atoms with Crippen molar-refractivity contribution in [3.63, 3.8) is 0 Å². The normalized spacial score (nSPS) is 10.1. The van der Waals surface area contributed by atoms with Crippen molar-refractivity contribution < 1.29 is 13.9 Å². The number of benzene rings is 1. The zero-order valence-corrected chi connectivity index (χ0v) is 9.04. The Morgan fingerprint density at radius 2 is 2.25 bits per heavy atom. The van der Waals surface area contributed by atoms with Gasteiger partial charge >= 0.3 is 0 Å². The van der Waals surface area contributed by atoms with Gasteiger partial charge in [-0.3, -0.25) is 4.79 Å². The maximum atomic E-state index is 13.4. The predicted molar refractivity (Wildman–Crippen MR) is 58.4 cm³/mol. The summed E-state index contributed by atoms with van der Waals surface area (Å²) >= 11 is 1.31. The minimum atomic E-state index is -0.306. The van der Waals surface area contributed by atoms with Crippen molar-refractivity contribution in [3.8, 4) is 10.6 Å². The summed E-state index contributed by atoms with van der Waals surface area (Å²) in [7, 11) is 0. The molecule has 2 rings (SSSR count). The summed E-state index contributed by atoms with van der Waals surface area (Å²) in [6.45, 7) is 0.554. The van der Waals surface area contributed by atoms with Crippen LogP contribution in [0.2, 0.25) is 0 Å². The molecule has 82 valence electrons. The van der Waals surface area contributed by atoms with Crippen molar-refractivity contribution in [1.29, 1.82) is 0 Å². The van der Waals surface area contributed by atoms with E-state index in [1.165, 1.54) is 17.4 Å². The lowest BCUT2D eigenvalue weighted by atomic mass is 10.2. The van der Waals surface area contributed by atoms with Crippen LogP contribution in [0, 0.1) is 5.82 Å². The molecule has 2 aromatic rings. The minimum Gasteiger partial charge on any atom is -0.462 e. The van der Waals surface area contributed by atoms with Crippen LogP contribution in [-0.2, 0) is 16.1 Å². The van der Waals surface area contributed by atoms with Gasteiger partial charge in [0.15, 0.2) is 0 Å². The lowest BCUT2D eigenvalue weighted by Crippen LogP contribution is -1.84. The molecule has 0 fully saturated rings. The Labute approximate surface area is 95.5 Å². The monoisotopic (exact) mass is 237 g/mol. The summed E-state index contributed by atoms with van der Waals surface area (Å²) in [6, 6.07) is 6.43. The molecule has 16 heavy (non-hydrogen) atoms. The number of rotatable bonds is 4. The Balaban J connectivity index is 2.25. The molecule has 0 aliphatic heterocycles. The van der Waals surface area contributed by atoms with Crippen molar-refractivity contribution in [2.24, 2.45) is 0 Å². The van der Waals surface area contributed by atoms with Gasteiger partial charge in [-0.2, -0.15) is 0 Å². The number of hydrogen-bond acceptors (Lipinski definition) is 4. The third-order valence-electron chi connectivity index (χ3n) is 1.95. The molecule has 0 saturated heterocycles. The van der Waals surface area contributed by atoms with Gasteiger partial charge in [0.2, 0.25) is 0 Å². The number of aromatic nitrogens is 1. The molecule has 0 N–H and O–H groups in total. The highest BCUT2D eigenvalue weighted by Gasteiger charge is 2.08. The number of nitrogens with zero attached hydrogens (tertiary/aromatic N) is 1. The average molecular weight is 237 g/mol. The molecule has 5 heteroatoms. The van der Waals surface area contributed by atoms with Crippen LogP contribution in [-0.4, -0.2) is 11.5 Å². The van der Waals surface area contributed by atoms with Crippen molar-refractivity contribution in [3.05, 3.63) is 41.2 Å². The minimum absolute atomic E-state index is 0.176. The Hall–Kier alpha value is -1.75. The lowest BCUT2D eigenvalue weighted by Gasteiger charge is -1.96. The second-order valence-electron chi connectivity index (χ2n) is 3.02. The number of hydrogen-bond donors (Lipinski definition) is 0. The van der Waals surface area contributed by atoms with Crippen LogP contribution in [0.15, 0.2) is 30.5 Å². The fourth-order valence-electron chi connectivity index (χ4n) is 1.25. The van der Waals surface area contributed by atoms with Crippen molar-refractivity contribution in [2.75, 3.05) is 0 Å². The van der Waals surface area contributed by atoms with E-state index >= 15 is 0 Å². The quantitative estimate of drug-likeness (QED) is 0.767. The van der Waals surface area contributed by atoms with E-state index in [1.54, 1.807) is 24.4 Å².